The maximum Gasteiger partial charge on any atom is 0.238 e. The molecule has 0 radical (unpaired) electrons. The van der Waals surface area contributed by atoms with Crippen LogP contribution in [-0.4, -0.2) is 22.3 Å². The lowest BCUT2D eigenvalue weighted by atomic mass is 10.2. The molecule has 5 heteroatoms. The van der Waals surface area contributed by atoms with Crippen LogP contribution in [0.15, 0.2) is 18.3 Å². The molecule has 0 aliphatic rings. The number of unbranched alkanes of at least 4 members (excludes halogenated alkanes) is 1. The molecule has 0 atom stereocenters. The molecule has 18 heavy (non-hydrogen) atoms. The summed E-state index contributed by atoms with van der Waals surface area (Å²) in [5.41, 5.74) is 0.634. The number of nitrogens with zero attached hydrogens (tertiary/aromatic N) is 1. The Morgan fingerprint density at radius 2 is 2.28 bits per heavy atom. The van der Waals surface area contributed by atoms with E-state index in [1.54, 1.807) is 18.3 Å². The van der Waals surface area contributed by atoms with Crippen molar-refractivity contribution in [2.45, 2.75) is 39.2 Å². The average Bonchev–Trinajstić information content (AvgIpc) is 2.31. The van der Waals surface area contributed by atoms with Crippen LogP contribution in [0.2, 0.25) is 0 Å². The lowest BCUT2D eigenvalue weighted by Crippen LogP contribution is -2.14. The second-order valence-electron chi connectivity index (χ2n) is 4.22. The van der Waals surface area contributed by atoms with Crippen molar-refractivity contribution in [3.63, 3.8) is 0 Å². The fourth-order valence-corrected chi connectivity index (χ4v) is 1.79. The lowest BCUT2D eigenvalue weighted by molar-refractivity contribution is -0.116. The number of ether oxygens (including phenoxy) is 1. The van der Waals surface area contributed by atoms with Gasteiger partial charge < -0.3 is 10.1 Å². The number of carbonyl (C=O) groups excluding carboxylic acids is 1. The first-order valence-corrected chi connectivity index (χ1v) is 7.23. The number of halogens is 1. The summed E-state index contributed by atoms with van der Waals surface area (Å²) < 4.78 is 5.54. The van der Waals surface area contributed by atoms with Crippen molar-refractivity contribution in [3.05, 3.63) is 18.3 Å². The number of alkyl halides is 1. The van der Waals surface area contributed by atoms with Crippen molar-refractivity contribution in [2.75, 3.05) is 10.6 Å². The average molecular weight is 315 g/mol. The van der Waals surface area contributed by atoms with Gasteiger partial charge >= 0.3 is 0 Å². The Hall–Kier alpha value is -1.10. The minimum absolute atomic E-state index is 0.00226. The van der Waals surface area contributed by atoms with Crippen LogP contribution < -0.4 is 10.1 Å². The van der Waals surface area contributed by atoms with E-state index < -0.39 is 0 Å². The van der Waals surface area contributed by atoms with Gasteiger partial charge in [-0.25, -0.2) is 4.98 Å². The van der Waals surface area contributed by atoms with Crippen molar-refractivity contribution in [2.24, 2.45) is 0 Å². The Bertz CT molecular complexity index is 383. The molecule has 0 aromatic carbocycles. The first-order chi connectivity index (χ1) is 8.63. The fraction of sp³-hybridized carbons (Fsp3) is 0.538. The zero-order valence-corrected chi connectivity index (χ0v) is 12.4. The van der Waals surface area contributed by atoms with Gasteiger partial charge in [-0.3, -0.25) is 4.79 Å². The molecule has 0 spiro atoms. The van der Waals surface area contributed by atoms with E-state index in [9.17, 15) is 4.79 Å². The summed E-state index contributed by atoms with van der Waals surface area (Å²) in [7, 11) is 0. The highest BCUT2D eigenvalue weighted by Crippen LogP contribution is 2.22. The van der Waals surface area contributed by atoms with Crippen molar-refractivity contribution in [1.82, 2.24) is 4.98 Å². The first kappa shape index (κ1) is 15.0. The number of nitrogens with one attached hydrogen (secondary N) is 1. The van der Waals surface area contributed by atoms with Crippen LogP contribution >= 0.6 is 15.9 Å². The molecule has 0 saturated carbocycles. The van der Waals surface area contributed by atoms with Gasteiger partial charge in [0, 0.05) is 17.9 Å². The molecule has 1 aromatic heterocycles. The van der Waals surface area contributed by atoms with Gasteiger partial charge in [0.1, 0.15) is 5.69 Å². The Balaban J connectivity index is 2.57. The van der Waals surface area contributed by atoms with Crippen LogP contribution in [0.1, 0.15) is 33.1 Å². The second kappa shape index (κ2) is 8.08. The number of rotatable bonds is 7. The molecule has 1 heterocycles. The second-order valence-corrected chi connectivity index (χ2v) is 5.01. The Labute approximate surface area is 116 Å². The van der Waals surface area contributed by atoms with Crippen LogP contribution in [0.25, 0.3) is 0 Å². The number of anilines is 1. The normalized spacial score (nSPS) is 10.4. The molecule has 4 nitrogen and oxygen atoms in total. The number of pyridine rings is 1. The molecule has 100 valence electrons. The van der Waals surface area contributed by atoms with Gasteiger partial charge in [-0.05, 0) is 38.8 Å². The van der Waals surface area contributed by atoms with Crippen LogP contribution in [0, 0.1) is 0 Å². The van der Waals surface area contributed by atoms with E-state index in [0.29, 0.717) is 18.0 Å². The van der Waals surface area contributed by atoms with Crippen molar-refractivity contribution >= 4 is 27.5 Å². The van der Waals surface area contributed by atoms with Crippen molar-refractivity contribution < 1.29 is 9.53 Å². The highest BCUT2D eigenvalue weighted by atomic mass is 79.9. The molecule has 0 bridgehead atoms. The molecule has 0 aliphatic heterocycles. The van der Waals surface area contributed by atoms with Crippen molar-refractivity contribution in [1.29, 1.82) is 0 Å². The molecule has 1 amide bonds. The van der Waals surface area contributed by atoms with Crippen molar-refractivity contribution in [3.8, 4) is 5.88 Å². The van der Waals surface area contributed by atoms with E-state index in [2.05, 4.69) is 26.2 Å². The van der Waals surface area contributed by atoms with Crippen LogP contribution in [0.4, 0.5) is 5.69 Å². The number of hydrogen-bond donors (Lipinski definition) is 1. The van der Waals surface area contributed by atoms with E-state index in [0.717, 1.165) is 18.2 Å². The highest BCUT2D eigenvalue weighted by Gasteiger charge is 2.09. The number of carbonyl (C=O) groups is 1. The molecule has 1 rings (SSSR count). The first-order valence-electron chi connectivity index (χ1n) is 6.11. The third-order valence-electron chi connectivity index (χ3n) is 2.18. The van der Waals surface area contributed by atoms with Gasteiger partial charge in [0.15, 0.2) is 0 Å². The summed E-state index contributed by atoms with van der Waals surface area (Å²) in [4.78, 5) is 15.8. The molecule has 0 fully saturated rings. The topological polar surface area (TPSA) is 51.2 Å². The molecule has 1 aromatic rings. The maximum absolute atomic E-state index is 11.7. The number of aromatic nitrogens is 1. The van der Waals surface area contributed by atoms with Gasteiger partial charge in [-0.15, -0.1) is 0 Å². The number of amides is 1. The fourth-order valence-electron chi connectivity index (χ4n) is 1.40. The monoisotopic (exact) mass is 314 g/mol. The summed E-state index contributed by atoms with van der Waals surface area (Å²) in [6.07, 6.45) is 4.07. The van der Waals surface area contributed by atoms with Gasteiger partial charge in [-0.2, -0.15) is 0 Å². The van der Waals surface area contributed by atoms with E-state index in [1.807, 2.05) is 13.8 Å². The van der Waals surface area contributed by atoms with Crippen LogP contribution in [-0.2, 0) is 4.79 Å². The maximum atomic E-state index is 11.7. The van der Waals surface area contributed by atoms with Gasteiger partial charge in [0.25, 0.3) is 0 Å². The lowest BCUT2D eigenvalue weighted by Gasteiger charge is -2.13. The minimum Gasteiger partial charge on any atom is -0.473 e. The largest absolute Gasteiger partial charge is 0.473 e. The molecular weight excluding hydrogens is 296 g/mol. The van der Waals surface area contributed by atoms with Gasteiger partial charge in [0.05, 0.1) is 6.10 Å². The predicted molar refractivity (Wildman–Crippen MR) is 76.3 cm³/mol. The van der Waals surface area contributed by atoms with Gasteiger partial charge in [-0.1, -0.05) is 15.9 Å². The van der Waals surface area contributed by atoms with Crippen LogP contribution in [0.3, 0.4) is 0 Å². The quantitative estimate of drug-likeness (QED) is 0.620. The Morgan fingerprint density at radius 3 is 2.94 bits per heavy atom. The Kier molecular flexibility index (Phi) is 6.72. The standard InChI is InChI=1S/C13H19BrN2O2/c1-10(2)18-13-11(6-5-9-15-13)16-12(17)7-3-4-8-14/h5-6,9-10H,3-4,7-8H2,1-2H3,(H,16,17). The third-order valence-corrected chi connectivity index (χ3v) is 2.74. The van der Waals surface area contributed by atoms with Gasteiger partial charge in [0.2, 0.25) is 11.8 Å². The van der Waals surface area contributed by atoms with E-state index in [1.165, 1.54) is 0 Å². The zero-order valence-electron chi connectivity index (χ0n) is 10.8. The molecular formula is C13H19BrN2O2. The summed E-state index contributed by atoms with van der Waals surface area (Å²) >= 11 is 3.34. The molecule has 0 aliphatic carbocycles. The molecule has 0 unspecified atom stereocenters. The summed E-state index contributed by atoms with van der Waals surface area (Å²) in [5.74, 6) is 0.471. The zero-order chi connectivity index (χ0) is 13.4. The highest BCUT2D eigenvalue weighted by molar-refractivity contribution is 9.09. The van der Waals surface area contributed by atoms with E-state index in [-0.39, 0.29) is 12.0 Å². The SMILES string of the molecule is CC(C)Oc1ncccc1NC(=O)CCCCBr. The van der Waals surface area contributed by atoms with E-state index >= 15 is 0 Å². The predicted octanol–water partition coefficient (Wildman–Crippen LogP) is 3.37. The summed E-state index contributed by atoms with van der Waals surface area (Å²) in [6, 6.07) is 3.58. The minimum atomic E-state index is -0.00226. The summed E-state index contributed by atoms with van der Waals surface area (Å²) in [5, 5.41) is 3.76. The smallest absolute Gasteiger partial charge is 0.238 e. The molecule has 0 saturated heterocycles. The third kappa shape index (κ3) is 5.49. The van der Waals surface area contributed by atoms with E-state index in [4.69, 9.17) is 4.74 Å². The summed E-state index contributed by atoms with van der Waals surface area (Å²) in [6.45, 7) is 3.85. The Morgan fingerprint density at radius 1 is 1.50 bits per heavy atom. The van der Waals surface area contributed by atoms with Crippen LogP contribution in [0.5, 0.6) is 5.88 Å². The number of hydrogen-bond acceptors (Lipinski definition) is 3. The molecule has 1 N–H and O–H groups in total.